The van der Waals surface area contributed by atoms with Gasteiger partial charge >= 0.3 is 0 Å². The molecule has 4 aromatic rings. The molecule has 0 unspecified atom stereocenters. The number of hydrogen-bond acceptors (Lipinski definition) is 5. The lowest BCUT2D eigenvalue weighted by atomic mass is 10.1. The van der Waals surface area contributed by atoms with Crippen molar-refractivity contribution < 1.29 is 9.47 Å². The maximum Gasteiger partial charge on any atom is 0.227 e. The Morgan fingerprint density at radius 2 is 1.50 bits per heavy atom. The van der Waals surface area contributed by atoms with E-state index in [1.54, 1.807) is 19.5 Å². The van der Waals surface area contributed by atoms with Gasteiger partial charge in [-0.05, 0) is 67.3 Å². The lowest BCUT2D eigenvalue weighted by molar-refractivity contribution is 0.399. The van der Waals surface area contributed by atoms with Crippen molar-refractivity contribution in [3.8, 4) is 28.6 Å². The van der Waals surface area contributed by atoms with Gasteiger partial charge in [0.05, 0.1) is 13.3 Å². The van der Waals surface area contributed by atoms with Crippen molar-refractivity contribution >= 4 is 0 Å². The van der Waals surface area contributed by atoms with Gasteiger partial charge in [0.15, 0.2) is 0 Å². The maximum absolute atomic E-state index is 6.09. The van der Waals surface area contributed by atoms with Crippen LogP contribution < -0.4 is 9.47 Å². The number of aromatic nitrogens is 4. The van der Waals surface area contributed by atoms with Crippen LogP contribution >= 0.6 is 0 Å². The van der Waals surface area contributed by atoms with Crippen LogP contribution in [0.2, 0.25) is 0 Å². The summed E-state index contributed by atoms with van der Waals surface area (Å²) >= 11 is 0. The molecule has 3 aromatic heterocycles. The third-order valence-electron chi connectivity index (χ3n) is 4.88. The third-order valence-corrected chi connectivity index (χ3v) is 4.88. The van der Waals surface area contributed by atoms with E-state index in [1.165, 1.54) is 11.1 Å². The Bertz CT molecular complexity index is 1110. The minimum Gasteiger partial charge on any atom is -0.481 e. The van der Waals surface area contributed by atoms with Crippen LogP contribution in [0.3, 0.4) is 0 Å². The van der Waals surface area contributed by atoms with Crippen LogP contribution in [0.4, 0.5) is 0 Å². The van der Waals surface area contributed by atoms with Crippen LogP contribution in [0.25, 0.3) is 11.1 Å². The maximum atomic E-state index is 6.09. The molecule has 0 saturated heterocycles. The van der Waals surface area contributed by atoms with E-state index in [-0.39, 0.29) is 0 Å². The molecule has 1 aromatic carbocycles. The van der Waals surface area contributed by atoms with E-state index in [4.69, 9.17) is 9.47 Å². The first kappa shape index (κ1) is 19.6. The lowest BCUT2D eigenvalue weighted by Gasteiger charge is -2.12. The second-order valence-corrected chi connectivity index (χ2v) is 6.87. The number of aryl methyl sites for hydroxylation is 3. The zero-order valence-corrected chi connectivity index (χ0v) is 17.2. The number of ether oxygens (including phenoxy) is 2. The predicted molar refractivity (Wildman–Crippen MR) is 116 cm³/mol. The highest BCUT2D eigenvalue weighted by Crippen LogP contribution is 2.35. The third kappa shape index (κ3) is 4.49. The molecule has 0 bridgehead atoms. The quantitative estimate of drug-likeness (QED) is 0.419. The fraction of sp³-hybridized carbons (Fsp3) is 0.208. The summed E-state index contributed by atoms with van der Waals surface area (Å²) in [5.74, 6) is 1.79. The van der Waals surface area contributed by atoms with Gasteiger partial charge in [0.1, 0.15) is 5.75 Å². The molecule has 0 aliphatic heterocycles. The predicted octanol–water partition coefficient (Wildman–Crippen LogP) is 4.95. The molecule has 6 nitrogen and oxygen atoms in total. The first-order valence-electron chi connectivity index (χ1n) is 9.99. The molecule has 6 heteroatoms. The van der Waals surface area contributed by atoms with Gasteiger partial charge in [-0.15, -0.1) is 0 Å². The molecule has 0 atom stereocenters. The van der Waals surface area contributed by atoms with Crippen molar-refractivity contribution in [1.29, 1.82) is 0 Å². The van der Waals surface area contributed by atoms with Gasteiger partial charge in [-0.1, -0.05) is 12.1 Å². The highest BCUT2D eigenvalue weighted by Gasteiger charge is 2.13. The van der Waals surface area contributed by atoms with E-state index < -0.39 is 0 Å². The molecule has 0 saturated carbocycles. The molecule has 4 rings (SSSR count). The Morgan fingerprint density at radius 1 is 0.833 bits per heavy atom. The van der Waals surface area contributed by atoms with Gasteiger partial charge in [-0.3, -0.25) is 4.68 Å². The average molecular weight is 400 g/mol. The van der Waals surface area contributed by atoms with Gasteiger partial charge in [-0.25, -0.2) is 9.97 Å². The topological polar surface area (TPSA) is 62.1 Å². The summed E-state index contributed by atoms with van der Waals surface area (Å²) in [5.41, 5.74) is 4.18. The molecule has 0 fully saturated rings. The molecular formula is C24H24N4O2. The van der Waals surface area contributed by atoms with Crippen molar-refractivity contribution in [3.63, 3.8) is 0 Å². The van der Waals surface area contributed by atoms with Gasteiger partial charge in [0, 0.05) is 36.3 Å². The van der Waals surface area contributed by atoms with E-state index in [2.05, 4.69) is 40.3 Å². The standard InChI is InChI=1S/C24H24N4O2/c1-3-28-17-19(16-27-28)9-8-18-10-12-20(13-11-18)30-24-22(7-5-15-26-24)21-6-4-14-25-23(21)29-2/h4-7,10-17H,3,8-9H2,1-2H3. The normalized spacial score (nSPS) is 10.7. The summed E-state index contributed by atoms with van der Waals surface area (Å²) in [6, 6.07) is 15.8. The SMILES string of the molecule is CCn1cc(CCc2ccc(Oc3ncccc3-c3cccnc3OC)cc2)cn1. The van der Waals surface area contributed by atoms with Crippen LogP contribution in [0.5, 0.6) is 17.5 Å². The summed E-state index contributed by atoms with van der Waals surface area (Å²) in [6.07, 6.45) is 9.38. The first-order chi connectivity index (χ1) is 14.8. The van der Waals surface area contributed by atoms with E-state index in [9.17, 15) is 0 Å². The lowest BCUT2D eigenvalue weighted by Crippen LogP contribution is -1.96. The molecule has 0 N–H and O–H groups in total. The van der Waals surface area contributed by atoms with E-state index >= 15 is 0 Å². The molecule has 152 valence electrons. The largest absolute Gasteiger partial charge is 0.481 e. The van der Waals surface area contributed by atoms with Crippen molar-refractivity contribution in [2.75, 3.05) is 7.11 Å². The van der Waals surface area contributed by atoms with Crippen molar-refractivity contribution in [3.05, 3.63) is 84.4 Å². The minimum atomic E-state index is 0.517. The summed E-state index contributed by atoms with van der Waals surface area (Å²) in [5, 5.41) is 4.33. The molecule has 30 heavy (non-hydrogen) atoms. The summed E-state index contributed by atoms with van der Waals surface area (Å²) in [6.45, 7) is 2.99. The Labute approximate surface area is 176 Å². The number of nitrogens with zero attached hydrogens (tertiary/aromatic N) is 4. The monoisotopic (exact) mass is 400 g/mol. The Kier molecular flexibility index (Phi) is 6.03. The summed E-state index contributed by atoms with van der Waals surface area (Å²) < 4.78 is 13.4. The van der Waals surface area contributed by atoms with Gasteiger partial charge in [0.2, 0.25) is 11.8 Å². The molecule has 3 heterocycles. The van der Waals surface area contributed by atoms with Crippen molar-refractivity contribution in [2.45, 2.75) is 26.3 Å². The number of hydrogen-bond donors (Lipinski definition) is 0. The van der Waals surface area contributed by atoms with Crippen LogP contribution in [0.15, 0.2) is 73.3 Å². The second-order valence-electron chi connectivity index (χ2n) is 6.87. The van der Waals surface area contributed by atoms with Crippen LogP contribution in [0.1, 0.15) is 18.1 Å². The number of benzene rings is 1. The van der Waals surface area contributed by atoms with Gasteiger partial charge in [0.25, 0.3) is 0 Å². The average Bonchev–Trinajstić information content (AvgIpc) is 3.27. The highest BCUT2D eigenvalue weighted by atomic mass is 16.5. The fourth-order valence-electron chi connectivity index (χ4n) is 3.27. The van der Waals surface area contributed by atoms with Crippen LogP contribution in [-0.2, 0) is 19.4 Å². The minimum absolute atomic E-state index is 0.517. The molecule has 0 amide bonds. The van der Waals surface area contributed by atoms with Crippen molar-refractivity contribution in [2.24, 2.45) is 0 Å². The molecule has 0 radical (unpaired) electrons. The van der Waals surface area contributed by atoms with Crippen LogP contribution in [-0.4, -0.2) is 26.9 Å². The summed E-state index contributed by atoms with van der Waals surface area (Å²) in [4.78, 5) is 8.69. The Hall–Kier alpha value is -3.67. The van der Waals surface area contributed by atoms with Gasteiger partial charge in [-0.2, -0.15) is 5.10 Å². The van der Waals surface area contributed by atoms with Crippen molar-refractivity contribution in [1.82, 2.24) is 19.7 Å². The molecule has 0 aliphatic rings. The van der Waals surface area contributed by atoms with Gasteiger partial charge < -0.3 is 9.47 Å². The van der Waals surface area contributed by atoms with E-state index in [0.717, 1.165) is 36.3 Å². The fourth-order valence-corrected chi connectivity index (χ4v) is 3.27. The molecule has 0 spiro atoms. The highest BCUT2D eigenvalue weighted by molar-refractivity contribution is 5.73. The number of pyridine rings is 2. The number of rotatable bonds is 8. The summed E-state index contributed by atoms with van der Waals surface area (Å²) in [7, 11) is 1.61. The Morgan fingerprint density at radius 3 is 2.17 bits per heavy atom. The first-order valence-corrected chi connectivity index (χ1v) is 9.99. The molecular weight excluding hydrogens is 376 g/mol. The van der Waals surface area contributed by atoms with Crippen LogP contribution in [0, 0.1) is 0 Å². The smallest absolute Gasteiger partial charge is 0.227 e. The molecule has 0 aliphatic carbocycles. The van der Waals surface area contributed by atoms with E-state index in [0.29, 0.717) is 11.8 Å². The number of methoxy groups -OCH3 is 1. The second kappa shape index (κ2) is 9.22. The van der Waals surface area contributed by atoms with E-state index in [1.807, 2.05) is 47.3 Å². The Balaban J connectivity index is 1.47. The zero-order valence-electron chi connectivity index (χ0n) is 17.2. The zero-order chi connectivity index (χ0) is 20.8.